The van der Waals surface area contributed by atoms with Gasteiger partial charge in [0.15, 0.2) is 5.69 Å². The third kappa shape index (κ3) is 3.42. The average Bonchev–Trinajstić information content (AvgIpc) is 3.25. The highest BCUT2D eigenvalue weighted by Crippen LogP contribution is 2.39. The number of anilines is 3. The van der Waals surface area contributed by atoms with E-state index in [1.54, 1.807) is 16.6 Å². The first kappa shape index (κ1) is 18.7. The molecular formula is C21H27N5O2. The molecule has 0 radical (unpaired) electrons. The molecule has 28 heavy (non-hydrogen) atoms. The average molecular weight is 381 g/mol. The van der Waals surface area contributed by atoms with Crippen LogP contribution in [0.1, 0.15) is 48.3 Å². The Hall–Kier alpha value is -2.67. The molecule has 0 spiro atoms. The first-order chi connectivity index (χ1) is 13.6. The number of nitrogens with one attached hydrogen (secondary N) is 1. The molecule has 7 nitrogen and oxygen atoms in total. The second-order valence-electron chi connectivity index (χ2n) is 7.61. The highest BCUT2D eigenvalue weighted by molar-refractivity contribution is 6.17. The molecule has 2 amide bonds. The minimum Gasteiger partial charge on any atom is -0.319 e. The Kier molecular flexibility index (Phi) is 5.17. The molecule has 7 heteroatoms. The first-order valence-electron chi connectivity index (χ1n) is 10.1. The number of nitrogens with zero attached hydrogens (tertiary/aromatic N) is 4. The number of unbranched alkanes of at least 4 members (excludes halogenated alkanes) is 1. The predicted molar refractivity (Wildman–Crippen MR) is 109 cm³/mol. The molecule has 1 N–H and O–H groups in total. The fourth-order valence-electron chi connectivity index (χ4n) is 4.23. The van der Waals surface area contributed by atoms with E-state index in [9.17, 15) is 9.59 Å². The zero-order valence-electron chi connectivity index (χ0n) is 16.6. The molecule has 2 aliphatic heterocycles. The molecule has 1 aromatic heterocycles. The van der Waals surface area contributed by atoms with Gasteiger partial charge in [0.05, 0.1) is 17.1 Å². The number of carbonyl (C=O) groups is 2. The zero-order chi connectivity index (χ0) is 19.7. The maximum Gasteiger partial charge on any atom is 0.276 e. The van der Waals surface area contributed by atoms with Crippen molar-refractivity contribution in [2.45, 2.75) is 39.0 Å². The van der Waals surface area contributed by atoms with Gasteiger partial charge in [0.2, 0.25) is 5.91 Å². The predicted octanol–water partition coefficient (Wildman–Crippen LogP) is 3.23. The number of rotatable bonds is 5. The van der Waals surface area contributed by atoms with Crippen LogP contribution in [0.25, 0.3) is 0 Å². The first-order valence-corrected chi connectivity index (χ1v) is 10.1. The van der Waals surface area contributed by atoms with Crippen LogP contribution in [0.4, 0.5) is 17.1 Å². The van der Waals surface area contributed by atoms with Crippen LogP contribution in [0.3, 0.4) is 0 Å². The number of para-hydroxylation sites is 2. The van der Waals surface area contributed by atoms with Gasteiger partial charge in [-0.2, -0.15) is 5.10 Å². The molecule has 0 unspecified atom stereocenters. The van der Waals surface area contributed by atoms with Crippen molar-refractivity contribution in [2.24, 2.45) is 7.05 Å². The summed E-state index contributed by atoms with van der Waals surface area (Å²) in [4.78, 5) is 30.2. The van der Waals surface area contributed by atoms with Crippen LogP contribution in [-0.2, 0) is 11.8 Å². The lowest BCUT2D eigenvalue weighted by molar-refractivity contribution is -0.118. The molecule has 0 atom stereocenters. The van der Waals surface area contributed by atoms with E-state index in [-0.39, 0.29) is 11.8 Å². The van der Waals surface area contributed by atoms with Gasteiger partial charge in [-0.05, 0) is 64.4 Å². The molecular weight excluding hydrogens is 354 g/mol. The maximum absolute atomic E-state index is 13.3. The van der Waals surface area contributed by atoms with Gasteiger partial charge in [-0.1, -0.05) is 12.1 Å². The lowest BCUT2D eigenvalue weighted by Crippen LogP contribution is -2.27. The topological polar surface area (TPSA) is 70.5 Å². The number of hydrogen-bond acceptors (Lipinski definition) is 4. The summed E-state index contributed by atoms with van der Waals surface area (Å²) in [5, 5.41) is 7.32. The summed E-state index contributed by atoms with van der Waals surface area (Å²) in [6.07, 6.45) is 4.87. The summed E-state index contributed by atoms with van der Waals surface area (Å²) in [5.74, 6) is -0.238. The summed E-state index contributed by atoms with van der Waals surface area (Å²) in [5.41, 5.74) is 3.03. The Balaban J connectivity index is 1.58. The summed E-state index contributed by atoms with van der Waals surface area (Å²) < 4.78 is 1.56. The van der Waals surface area contributed by atoms with Gasteiger partial charge < -0.3 is 10.2 Å². The minimum absolute atomic E-state index is 0.00252. The Morgan fingerprint density at radius 1 is 1.18 bits per heavy atom. The molecule has 0 saturated carbocycles. The Bertz CT molecular complexity index is 898. The van der Waals surface area contributed by atoms with Crippen molar-refractivity contribution < 1.29 is 9.59 Å². The molecule has 1 aromatic carbocycles. The number of likely N-dealkylation sites (tertiary alicyclic amines) is 1. The molecule has 148 valence electrons. The van der Waals surface area contributed by atoms with Crippen LogP contribution in [0, 0.1) is 6.92 Å². The maximum atomic E-state index is 13.3. The van der Waals surface area contributed by atoms with Crippen LogP contribution < -0.4 is 10.2 Å². The number of aromatic nitrogens is 2. The minimum atomic E-state index is -0.241. The standard InChI is InChI=1S/C21H27N5O2/c1-15-19-20(24(2)23-15)21(28)22-16-9-3-4-10-17(16)26(19)18(27)11-5-6-12-25-13-7-8-14-25/h3-4,9-10H,5-8,11-14H2,1-2H3,(H,22,28). The van der Waals surface area contributed by atoms with Crippen molar-refractivity contribution in [1.29, 1.82) is 0 Å². The Morgan fingerprint density at radius 2 is 1.93 bits per heavy atom. The van der Waals surface area contributed by atoms with Gasteiger partial charge in [0.1, 0.15) is 5.69 Å². The fourth-order valence-corrected chi connectivity index (χ4v) is 4.23. The molecule has 3 heterocycles. The molecule has 2 aromatic rings. The summed E-state index contributed by atoms with van der Waals surface area (Å²) in [7, 11) is 1.74. The quantitative estimate of drug-likeness (QED) is 0.808. The van der Waals surface area contributed by atoms with Gasteiger partial charge in [-0.3, -0.25) is 19.2 Å². The lowest BCUT2D eigenvalue weighted by Gasteiger charge is -2.23. The van der Waals surface area contributed by atoms with Crippen LogP contribution in [-0.4, -0.2) is 46.1 Å². The van der Waals surface area contributed by atoms with Crippen LogP contribution in [0.2, 0.25) is 0 Å². The summed E-state index contributed by atoms with van der Waals surface area (Å²) in [6, 6.07) is 7.45. The van der Waals surface area contributed by atoms with E-state index in [4.69, 9.17) is 0 Å². The third-order valence-corrected chi connectivity index (χ3v) is 5.59. The van der Waals surface area contributed by atoms with E-state index in [0.29, 0.717) is 34.9 Å². The highest BCUT2D eigenvalue weighted by Gasteiger charge is 2.33. The number of carbonyl (C=O) groups excluding carboxylic acids is 2. The van der Waals surface area contributed by atoms with Crippen molar-refractivity contribution in [3.8, 4) is 0 Å². The van der Waals surface area contributed by atoms with Crippen LogP contribution in [0.15, 0.2) is 24.3 Å². The number of amides is 2. The largest absolute Gasteiger partial charge is 0.319 e. The van der Waals surface area contributed by atoms with Crippen LogP contribution in [0.5, 0.6) is 0 Å². The molecule has 1 fully saturated rings. The second-order valence-corrected chi connectivity index (χ2v) is 7.61. The second kappa shape index (κ2) is 7.75. The SMILES string of the molecule is Cc1nn(C)c2c1N(C(=O)CCCCN1CCCC1)c1ccccc1NC2=O. The number of fused-ring (bicyclic) bond motifs is 2. The summed E-state index contributed by atoms with van der Waals surface area (Å²) in [6.45, 7) is 5.26. The molecule has 2 aliphatic rings. The van der Waals surface area contributed by atoms with E-state index in [2.05, 4.69) is 15.3 Å². The van der Waals surface area contributed by atoms with Gasteiger partial charge in [-0.15, -0.1) is 0 Å². The van der Waals surface area contributed by atoms with E-state index in [1.165, 1.54) is 25.9 Å². The number of benzene rings is 1. The van der Waals surface area contributed by atoms with Crippen molar-refractivity contribution in [2.75, 3.05) is 29.9 Å². The summed E-state index contributed by atoms with van der Waals surface area (Å²) >= 11 is 0. The number of hydrogen-bond donors (Lipinski definition) is 1. The normalized spacial score (nSPS) is 16.5. The number of aryl methyl sites for hydroxylation is 2. The van der Waals surface area contributed by atoms with Crippen LogP contribution >= 0.6 is 0 Å². The van der Waals surface area contributed by atoms with Crippen molar-refractivity contribution in [1.82, 2.24) is 14.7 Å². The van der Waals surface area contributed by atoms with Crippen molar-refractivity contribution >= 4 is 28.9 Å². The van der Waals surface area contributed by atoms with E-state index >= 15 is 0 Å². The zero-order valence-corrected chi connectivity index (χ0v) is 16.6. The monoisotopic (exact) mass is 381 g/mol. The van der Waals surface area contributed by atoms with Gasteiger partial charge >= 0.3 is 0 Å². The van der Waals surface area contributed by atoms with Gasteiger partial charge in [0, 0.05) is 13.5 Å². The molecule has 0 aliphatic carbocycles. The van der Waals surface area contributed by atoms with Gasteiger partial charge in [-0.25, -0.2) is 0 Å². The van der Waals surface area contributed by atoms with E-state index in [1.807, 2.05) is 31.2 Å². The lowest BCUT2D eigenvalue weighted by atomic mass is 10.1. The Labute approximate surface area is 165 Å². The Morgan fingerprint density at radius 3 is 2.71 bits per heavy atom. The van der Waals surface area contributed by atoms with Crippen molar-refractivity contribution in [3.63, 3.8) is 0 Å². The molecule has 1 saturated heterocycles. The smallest absolute Gasteiger partial charge is 0.276 e. The third-order valence-electron chi connectivity index (χ3n) is 5.59. The fraction of sp³-hybridized carbons (Fsp3) is 0.476. The highest BCUT2D eigenvalue weighted by atomic mass is 16.2. The van der Waals surface area contributed by atoms with E-state index < -0.39 is 0 Å². The molecule has 4 rings (SSSR count). The van der Waals surface area contributed by atoms with Crippen molar-refractivity contribution in [3.05, 3.63) is 35.7 Å². The van der Waals surface area contributed by atoms with Gasteiger partial charge in [0.25, 0.3) is 5.91 Å². The van der Waals surface area contributed by atoms with E-state index in [0.717, 1.165) is 19.4 Å². The molecule has 0 bridgehead atoms.